The van der Waals surface area contributed by atoms with Gasteiger partial charge in [0.05, 0.1) is 0 Å². The predicted octanol–water partition coefficient (Wildman–Crippen LogP) is 4.12. The number of rotatable bonds is 5. The summed E-state index contributed by atoms with van der Waals surface area (Å²) >= 11 is 0. The van der Waals surface area contributed by atoms with Crippen molar-refractivity contribution in [3.8, 4) is 0 Å². The quantitative estimate of drug-likeness (QED) is 0.887. The van der Waals surface area contributed by atoms with Gasteiger partial charge in [-0.25, -0.2) is 0 Å². The Labute approximate surface area is 134 Å². The van der Waals surface area contributed by atoms with Crippen molar-refractivity contribution in [1.29, 1.82) is 0 Å². The Bertz CT molecular complexity index is 549. The van der Waals surface area contributed by atoms with Crippen LogP contribution >= 0.6 is 0 Å². The second-order valence-electron chi connectivity index (χ2n) is 7.41. The van der Waals surface area contributed by atoms with Crippen LogP contribution in [-0.4, -0.2) is 10.6 Å². The van der Waals surface area contributed by atoms with Gasteiger partial charge in [-0.3, -0.25) is 4.79 Å². The summed E-state index contributed by atoms with van der Waals surface area (Å²) in [4.78, 5) is 13.0. The van der Waals surface area contributed by atoms with Gasteiger partial charge in [-0.15, -0.1) is 0 Å². The zero-order valence-corrected chi connectivity index (χ0v) is 14.1. The third kappa shape index (κ3) is 3.29. The fourth-order valence-electron chi connectivity index (χ4n) is 4.14. The van der Waals surface area contributed by atoms with E-state index >= 15 is 0 Å². The van der Waals surface area contributed by atoms with Crippen molar-refractivity contribution in [2.75, 3.05) is 0 Å². The Morgan fingerprint density at radius 2 is 1.73 bits per heavy atom. The summed E-state index contributed by atoms with van der Waals surface area (Å²) in [7, 11) is 0. The first-order chi connectivity index (χ1) is 10.7. The molecule has 22 heavy (non-hydrogen) atoms. The predicted molar refractivity (Wildman–Crippen MR) is 91.4 cm³/mol. The normalized spacial score (nSPS) is 20.3. The third-order valence-electron chi connectivity index (χ3n) is 5.44. The highest BCUT2D eigenvalue weighted by molar-refractivity contribution is 5.20. The van der Waals surface area contributed by atoms with Crippen LogP contribution in [0.3, 0.4) is 0 Å². The molecule has 0 radical (unpaired) electrons. The minimum atomic E-state index is 0.253. The number of pyridine rings is 1. The molecule has 0 bridgehead atoms. The van der Waals surface area contributed by atoms with Gasteiger partial charge in [-0.2, -0.15) is 0 Å². The molecule has 1 aromatic heterocycles. The number of aromatic nitrogens is 1. The highest BCUT2D eigenvalue weighted by Crippen LogP contribution is 2.31. The number of hydrogen-bond donors (Lipinski definition) is 1. The molecule has 2 saturated carbocycles. The van der Waals surface area contributed by atoms with Gasteiger partial charge in [0, 0.05) is 29.9 Å². The van der Waals surface area contributed by atoms with E-state index in [2.05, 4.69) is 35.9 Å². The SMILES string of the molecule is CC(C)c1ccc(CNC2CCCC2)c(=O)n1C1CCCC1. The topological polar surface area (TPSA) is 34.0 Å². The van der Waals surface area contributed by atoms with Crippen molar-refractivity contribution < 1.29 is 0 Å². The maximum atomic E-state index is 13.0. The molecule has 0 unspecified atom stereocenters. The first-order valence-electron chi connectivity index (χ1n) is 9.14. The highest BCUT2D eigenvalue weighted by atomic mass is 16.1. The van der Waals surface area contributed by atoms with E-state index in [0.717, 1.165) is 12.1 Å². The molecular weight excluding hydrogens is 272 g/mol. The summed E-state index contributed by atoms with van der Waals surface area (Å²) in [5, 5.41) is 3.59. The Morgan fingerprint density at radius 1 is 1.09 bits per heavy atom. The molecule has 1 heterocycles. The highest BCUT2D eigenvalue weighted by Gasteiger charge is 2.23. The molecule has 0 saturated heterocycles. The van der Waals surface area contributed by atoms with Crippen molar-refractivity contribution >= 4 is 0 Å². The molecule has 3 heteroatoms. The van der Waals surface area contributed by atoms with Gasteiger partial charge < -0.3 is 9.88 Å². The standard InChI is InChI=1S/C19H30N2O/c1-14(2)18-12-11-15(13-20-16-7-3-4-8-16)19(22)21(18)17-9-5-6-10-17/h11-12,14,16-17,20H,3-10,13H2,1-2H3. The van der Waals surface area contributed by atoms with Gasteiger partial charge in [-0.05, 0) is 37.7 Å². The van der Waals surface area contributed by atoms with Crippen LogP contribution in [0.5, 0.6) is 0 Å². The lowest BCUT2D eigenvalue weighted by atomic mass is 10.1. The van der Waals surface area contributed by atoms with Gasteiger partial charge in [0.2, 0.25) is 0 Å². The summed E-state index contributed by atoms with van der Waals surface area (Å²) < 4.78 is 2.13. The molecule has 0 aliphatic heterocycles. The van der Waals surface area contributed by atoms with Crippen LogP contribution in [0.2, 0.25) is 0 Å². The van der Waals surface area contributed by atoms with Crippen LogP contribution in [-0.2, 0) is 6.54 Å². The fourth-order valence-corrected chi connectivity index (χ4v) is 4.14. The van der Waals surface area contributed by atoms with Crippen LogP contribution in [0.15, 0.2) is 16.9 Å². The van der Waals surface area contributed by atoms with Gasteiger partial charge in [0.25, 0.3) is 5.56 Å². The largest absolute Gasteiger partial charge is 0.310 e. The Morgan fingerprint density at radius 3 is 2.36 bits per heavy atom. The Hall–Kier alpha value is -1.09. The van der Waals surface area contributed by atoms with Gasteiger partial charge in [0.1, 0.15) is 0 Å². The molecule has 3 nitrogen and oxygen atoms in total. The summed E-state index contributed by atoms with van der Waals surface area (Å²) in [6.45, 7) is 5.11. The van der Waals surface area contributed by atoms with Crippen molar-refractivity contribution in [3.63, 3.8) is 0 Å². The van der Waals surface area contributed by atoms with Gasteiger partial charge >= 0.3 is 0 Å². The zero-order chi connectivity index (χ0) is 15.5. The zero-order valence-electron chi connectivity index (χ0n) is 14.1. The Balaban J connectivity index is 1.84. The molecule has 122 valence electrons. The van der Waals surface area contributed by atoms with Crippen LogP contribution in [0, 0.1) is 0 Å². The fraction of sp³-hybridized carbons (Fsp3) is 0.737. The maximum absolute atomic E-state index is 13.0. The lowest BCUT2D eigenvalue weighted by Gasteiger charge is -2.22. The van der Waals surface area contributed by atoms with E-state index in [4.69, 9.17) is 0 Å². The number of hydrogen-bond acceptors (Lipinski definition) is 2. The average Bonchev–Trinajstić information content (AvgIpc) is 3.19. The smallest absolute Gasteiger partial charge is 0.255 e. The molecule has 0 aromatic carbocycles. The minimum absolute atomic E-state index is 0.253. The summed E-state index contributed by atoms with van der Waals surface area (Å²) in [5.41, 5.74) is 2.41. The van der Waals surface area contributed by atoms with Crippen molar-refractivity contribution in [2.45, 2.75) is 89.8 Å². The molecule has 0 spiro atoms. The molecule has 0 atom stereocenters. The van der Waals surface area contributed by atoms with Crippen LogP contribution in [0.1, 0.15) is 88.4 Å². The van der Waals surface area contributed by atoms with E-state index in [0.29, 0.717) is 18.0 Å². The van der Waals surface area contributed by atoms with Crippen molar-refractivity contribution in [3.05, 3.63) is 33.7 Å². The molecule has 3 rings (SSSR count). The van der Waals surface area contributed by atoms with Crippen molar-refractivity contribution in [1.82, 2.24) is 9.88 Å². The maximum Gasteiger partial charge on any atom is 0.255 e. The van der Waals surface area contributed by atoms with Crippen LogP contribution in [0.25, 0.3) is 0 Å². The molecule has 2 fully saturated rings. The van der Waals surface area contributed by atoms with E-state index in [1.165, 1.54) is 57.1 Å². The molecular formula is C19H30N2O. The first-order valence-corrected chi connectivity index (χ1v) is 9.14. The number of nitrogens with one attached hydrogen (secondary N) is 1. The minimum Gasteiger partial charge on any atom is -0.310 e. The van der Waals surface area contributed by atoms with Crippen molar-refractivity contribution in [2.24, 2.45) is 0 Å². The van der Waals surface area contributed by atoms with Gasteiger partial charge in [-0.1, -0.05) is 45.6 Å². The van der Waals surface area contributed by atoms with Gasteiger partial charge in [0.15, 0.2) is 0 Å². The average molecular weight is 302 g/mol. The Kier molecular flexibility index (Phi) is 5.02. The summed E-state index contributed by atoms with van der Waals surface area (Å²) in [6.07, 6.45) is 10.0. The lowest BCUT2D eigenvalue weighted by molar-refractivity contribution is 0.464. The molecule has 2 aliphatic rings. The van der Waals surface area contributed by atoms with E-state index < -0.39 is 0 Å². The molecule has 1 aromatic rings. The second kappa shape index (κ2) is 6.99. The monoisotopic (exact) mass is 302 g/mol. The second-order valence-corrected chi connectivity index (χ2v) is 7.41. The van der Waals surface area contributed by atoms with E-state index in [-0.39, 0.29) is 5.56 Å². The van der Waals surface area contributed by atoms with Crippen LogP contribution in [0.4, 0.5) is 0 Å². The van der Waals surface area contributed by atoms with E-state index in [1.54, 1.807) is 0 Å². The third-order valence-corrected chi connectivity index (χ3v) is 5.44. The molecule has 2 aliphatic carbocycles. The summed E-state index contributed by atoms with van der Waals surface area (Å²) in [6, 6.07) is 5.29. The summed E-state index contributed by atoms with van der Waals surface area (Å²) in [5.74, 6) is 0.408. The van der Waals surface area contributed by atoms with Crippen LogP contribution < -0.4 is 10.9 Å². The van der Waals surface area contributed by atoms with E-state index in [9.17, 15) is 4.79 Å². The first kappa shape index (κ1) is 15.8. The molecule has 1 N–H and O–H groups in total. The molecule has 0 amide bonds. The number of nitrogens with zero attached hydrogens (tertiary/aromatic N) is 1. The lowest BCUT2D eigenvalue weighted by Crippen LogP contribution is -2.34. The van der Waals surface area contributed by atoms with E-state index in [1.807, 2.05) is 0 Å².